The predicted molar refractivity (Wildman–Crippen MR) is 81.9 cm³/mol. The SMILES string of the molecule is NC(=S)Nc1ccccc1-c1nc2ccccc2[nH]1. The van der Waals surface area contributed by atoms with Gasteiger partial charge in [0.15, 0.2) is 5.11 Å². The molecule has 4 N–H and O–H groups in total. The normalized spacial score (nSPS) is 10.5. The number of hydrogen-bond acceptors (Lipinski definition) is 2. The fourth-order valence-electron chi connectivity index (χ4n) is 2.01. The molecule has 0 radical (unpaired) electrons. The highest BCUT2D eigenvalue weighted by atomic mass is 32.1. The average Bonchev–Trinajstić information content (AvgIpc) is 2.82. The van der Waals surface area contributed by atoms with E-state index in [9.17, 15) is 0 Å². The lowest BCUT2D eigenvalue weighted by molar-refractivity contribution is 1.33. The minimum Gasteiger partial charge on any atom is -0.376 e. The van der Waals surface area contributed by atoms with Crippen molar-refractivity contribution >= 4 is 34.1 Å². The monoisotopic (exact) mass is 268 g/mol. The summed E-state index contributed by atoms with van der Waals surface area (Å²) in [6, 6.07) is 15.7. The molecule has 1 aromatic heterocycles. The summed E-state index contributed by atoms with van der Waals surface area (Å²) in [7, 11) is 0. The lowest BCUT2D eigenvalue weighted by atomic mass is 10.1. The zero-order chi connectivity index (χ0) is 13.2. The summed E-state index contributed by atoms with van der Waals surface area (Å²) in [5, 5.41) is 3.20. The maximum atomic E-state index is 5.54. The molecule has 1 heterocycles. The number of thiocarbonyl (C=S) groups is 1. The van der Waals surface area contributed by atoms with Crippen LogP contribution >= 0.6 is 12.2 Å². The van der Waals surface area contributed by atoms with E-state index in [0.717, 1.165) is 28.1 Å². The molecule has 0 unspecified atom stereocenters. The van der Waals surface area contributed by atoms with Crippen molar-refractivity contribution in [3.8, 4) is 11.4 Å². The highest BCUT2D eigenvalue weighted by Crippen LogP contribution is 2.27. The number of para-hydroxylation sites is 3. The smallest absolute Gasteiger partial charge is 0.168 e. The van der Waals surface area contributed by atoms with Gasteiger partial charge in [-0.25, -0.2) is 4.98 Å². The Balaban J connectivity index is 2.13. The van der Waals surface area contributed by atoms with Gasteiger partial charge in [0.05, 0.1) is 16.7 Å². The van der Waals surface area contributed by atoms with Crippen LogP contribution in [0.25, 0.3) is 22.4 Å². The lowest BCUT2D eigenvalue weighted by Gasteiger charge is -2.08. The summed E-state index contributed by atoms with van der Waals surface area (Å²) in [6.45, 7) is 0. The van der Waals surface area contributed by atoms with Gasteiger partial charge in [0.1, 0.15) is 5.82 Å². The molecule has 3 rings (SSSR count). The molecule has 0 fully saturated rings. The van der Waals surface area contributed by atoms with E-state index in [2.05, 4.69) is 15.3 Å². The number of nitrogens with zero attached hydrogens (tertiary/aromatic N) is 1. The molecule has 2 aromatic carbocycles. The maximum absolute atomic E-state index is 5.54. The molecule has 0 spiro atoms. The maximum Gasteiger partial charge on any atom is 0.168 e. The van der Waals surface area contributed by atoms with Gasteiger partial charge in [-0.15, -0.1) is 0 Å². The Morgan fingerprint density at radius 3 is 2.63 bits per heavy atom. The number of imidazole rings is 1. The zero-order valence-corrected chi connectivity index (χ0v) is 10.9. The van der Waals surface area contributed by atoms with Crippen molar-refractivity contribution in [3.05, 3.63) is 48.5 Å². The van der Waals surface area contributed by atoms with Gasteiger partial charge in [0, 0.05) is 5.56 Å². The molecular weight excluding hydrogens is 256 g/mol. The number of aromatic amines is 1. The van der Waals surface area contributed by atoms with E-state index in [1.165, 1.54) is 0 Å². The quantitative estimate of drug-likeness (QED) is 0.625. The van der Waals surface area contributed by atoms with Crippen LogP contribution in [0, 0.1) is 0 Å². The van der Waals surface area contributed by atoms with E-state index in [-0.39, 0.29) is 5.11 Å². The van der Waals surface area contributed by atoms with Crippen LogP contribution in [0.1, 0.15) is 0 Å². The van der Waals surface area contributed by atoms with Crippen LogP contribution in [0.3, 0.4) is 0 Å². The third-order valence-electron chi connectivity index (χ3n) is 2.83. The standard InChI is InChI=1S/C14H12N4S/c15-14(19)18-10-6-2-1-5-9(10)13-16-11-7-3-4-8-12(11)17-13/h1-8H,(H,16,17)(H3,15,18,19). The van der Waals surface area contributed by atoms with E-state index in [4.69, 9.17) is 18.0 Å². The van der Waals surface area contributed by atoms with E-state index in [1.54, 1.807) is 0 Å². The highest BCUT2D eigenvalue weighted by molar-refractivity contribution is 7.80. The Kier molecular flexibility index (Phi) is 2.89. The third-order valence-corrected chi connectivity index (χ3v) is 2.93. The molecule has 19 heavy (non-hydrogen) atoms. The van der Waals surface area contributed by atoms with Crippen molar-refractivity contribution in [2.75, 3.05) is 5.32 Å². The zero-order valence-electron chi connectivity index (χ0n) is 10.1. The number of nitrogens with one attached hydrogen (secondary N) is 2. The van der Waals surface area contributed by atoms with Crippen molar-refractivity contribution in [1.82, 2.24) is 9.97 Å². The first-order chi connectivity index (χ1) is 9.24. The minimum atomic E-state index is 0.239. The Morgan fingerprint density at radius 2 is 1.84 bits per heavy atom. The topological polar surface area (TPSA) is 66.7 Å². The number of aromatic nitrogens is 2. The van der Waals surface area contributed by atoms with Gasteiger partial charge in [0.25, 0.3) is 0 Å². The number of fused-ring (bicyclic) bond motifs is 1. The Bertz CT molecular complexity index is 715. The summed E-state index contributed by atoms with van der Waals surface area (Å²) in [5.41, 5.74) is 9.25. The number of anilines is 1. The molecule has 0 saturated carbocycles. The van der Waals surface area contributed by atoms with Crippen molar-refractivity contribution in [1.29, 1.82) is 0 Å². The van der Waals surface area contributed by atoms with Gasteiger partial charge >= 0.3 is 0 Å². The molecule has 5 heteroatoms. The fraction of sp³-hybridized carbons (Fsp3) is 0. The van der Waals surface area contributed by atoms with E-state index >= 15 is 0 Å². The summed E-state index contributed by atoms with van der Waals surface area (Å²) in [6.07, 6.45) is 0. The van der Waals surface area contributed by atoms with Gasteiger partial charge in [-0.1, -0.05) is 24.3 Å². The molecule has 0 saturated heterocycles. The van der Waals surface area contributed by atoms with Crippen molar-refractivity contribution < 1.29 is 0 Å². The van der Waals surface area contributed by atoms with Crippen LogP contribution in [-0.2, 0) is 0 Å². The van der Waals surface area contributed by atoms with Gasteiger partial charge in [-0.2, -0.15) is 0 Å². The molecule has 0 atom stereocenters. The Morgan fingerprint density at radius 1 is 1.11 bits per heavy atom. The minimum absolute atomic E-state index is 0.239. The predicted octanol–water partition coefficient (Wildman–Crippen LogP) is 2.89. The van der Waals surface area contributed by atoms with Gasteiger partial charge in [0.2, 0.25) is 0 Å². The van der Waals surface area contributed by atoms with Crippen molar-refractivity contribution in [3.63, 3.8) is 0 Å². The van der Waals surface area contributed by atoms with Crippen LogP contribution in [-0.4, -0.2) is 15.1 Å². The fourth-order valence-corrected chi connectivity index (χ4v) is 2.12. The van der Waals surface area contributed by atoms with Gasteiger partial charge in [-0.3, -0.25) is 0 Å². The summed E-state index contributed by atoms with van der Waals surface area (Å²) < 4.78 is 0. The molecule has 0 aliphatic heterocycles. The van der Waals surface area contributed by atoms with Crippen molar-refractivity contribution in [2.24, 2.45) is 5.73 Å². The number of hydrogen-bond donors (Lipinski definition) is 3. The highest BCUT2D eigenvalue weighted by Gasteiger charge is 2.09. The lowest BCUT2D eigenvalue weighted by Crippen LogP contribution is -2.19. The first kappa shape index (κ1) is 11.7. The molecular formula is C14H12N4S. The number of benzene rings is 2. The molecule has 0 aliphatic carbocycles. The molecule has 3 aromatic rings. The molecule has 0 amide bonds. The third kappa shape index (κ3) is 2.28. The Labute approximate surface area is 115 Å². The first-order valence-corrected chi connectivity index (χ1v) is 6.25. The summed E-state index contributed by atoms with van der Waals surface area (Å²) in [5.74, 6) is 0.792. The number of nitrogens with two attached hydrogens (primary N) is 1. The van der Waals surface area contributed by atoms with Crippen LogP contribution in [0.4, 0.5) is 5.69 Å². The van der Waals surface area contributed by atoms with E-state index in [0.29, 0.717) is 0 Å². The second-order valence-electron chi connectivity index (χ2n) is 4.14. The van der Waals surface area contributed by atoms with Gasteiger partial charge in [-0.05, 0) is 36.5 Å². The van der Waals surface area contributed by atoms with Crippen LogP contribution < -0.4 is 11.1 Å². The molecule has 0 aliphatic rings. The Hall–Kier alpha value is -2.40. The van der Waals surface area contributed by atoms with E-state index < -0.39 is 0 Å². The second kappa shape index (κ2) is 4.70. The van der Waals surface area contributed by atoms with Gasteiger partial charge < -0.3 is 16.0 Å². The van der Waals surface area contributed by atoms with Crippen LogP contribution in [0.15, 0.2) is 48.5 Å². The second-order valence-corrected chi connectivity index (χ2v) is 4.58. The van der Waals surface area contributed by atoms with Crippen molar-refractivity contribution in [2.45, 2.75) is 0 Å². The van der Waals surface area contributed by atoms with Crippen LogP contribution in [0.5, 0.6) is 0 Å². The number of H-pyrrole nitrogens is 1. The average molecular weight is 268 g/mol. The number of rotatable bonds is 2. The largest absolute Gasteiger partial charge is 0.376 e. The summed E-state index contributed by atoms with van der Waals surface area (Å²) in [4.78, 5) is 7.86. The molecule has 4 nitrogen and oxygen atoms in total. The van der Waals surface area contributed by atoms with Crippen LogP contribution in [0.2, 0.25) is 0 Å². The summed E-state index contributed by atoms with van der Waals surface area (Å²) >= 11 is 4.89. The molecule has 0 bridgehead atoms. The first-order valence-electron chi connectivity index (χ1n) is 5.84. The van der Waals surface area contributed by atoms with E-state index in [1.807, 2.05) is 48.5 Å². The molecule has 94 valence electrons.